The quantitative estimate of drug-likeness (QED) is 0.777. The first-order chi connectivity index (χ1) is 6.81. The van der Waals surface area contributed by atoms with E-state index in [2.05, 4.69) is 10.2 Å². The summed E-state index contributed by atoms with van der Waals surface area (Å²) in [5.74, 6) is 2.87. The molecule has 4 heteroatoms. The SMILES string of the molecule is Clc1nnc(CC2CC3CCC2C3)s1. The van der Waals surface area contributed by atoms with Crippen molar-refractivity contribution in [3.05, 3.63) is 9.47 Å². The Bertz CT molecular complexity index is 339. The van der Waals surface area contributed by atoms with Crippen molar-refractivity contribution >= 4 is 22.9 Å². The van der Waals surface area contributed by atoms with E-state index in [0.29, 0.717) is 4.47 Å². The van der Waals surface area contributed by atoms with Gasteiger partial charge >= 0.3 is 0 Å². The standard InChI is InChI=1S/C10H13ClN2S/c11-10-13-12-9(14-10)5-8-4-6-1-2-7(8)3-6/h6-8H,1-5H2. The maximum atomic E-state index is 5.77. The summed E-state index contributed by atoms with van der Waals surface area (Å²) in [4.78, 5) is 0. The molecular weight excluding hydrogens is 216 g/mol. The van der Waals surface area contributed by atoms with Crippen LogP contribution in [0.15, 0.2) is 0 Å². The maximum absolute atomic E-state index is 5.77. The number of nitrogens with zero attached hydrogens (tertiary/aromatic N) is 2. The van der Waals surface area contributed by atoms with E-state index in [1.54, 1.807) is 11.3 Å². The molecular formula is C10H13ClN2S. The number of hydrogen-bond acceptors (Lipinski definition) is 3. The van der Waals surface area contributed by atoms with Crippen LogP contribution in [0.2, 0.25) is 4.47 Å². The fourth-order valence-corrected chi connectivity index (χ4v) is 4.13. The van der Waals surface area contributed by atoms with Crippen LogP contribution >= 0.6 is 22.9 Å². The third-order valence-corrected chi connectivity index (χ3v) is 4.80. The summed E-state index contributed by atoms with van der Waals surface area (Å²) >= 11 is 7.31. The van der Waals surface area contributed by atoms with Crippen LogP contribution in [0, 0.1) is 17.8 Å². The third kappa shape index (κ3) is 1.57. The van der Waals surface area contributed by atoms with Gasteiger partial charge in [-0.2, -0.15) is 0 Å². The van der Waals surface area contributed by atoms with Crippen molar-refractivity contribution in [2.75, 3.05) is 0 Å². The lowest BCUT2D eigenvalue weighted by Crippen LogP contribution is -2.12. The molecule has 0 aliphatic heterocycles. The molecule has 3 unspecified atom stereocenters. The Kier molecular flexibility index (Phi) is 2.25. The van der Waals surface area contributed by atoms with Crippen molar-refractivity contribution in [2.24, 2.45) is 17.8 Å². The lowest BCUT2D eigenvalue weighted by molar-refractivity contribution is 0.331. The van der Waals surface area contributed by atoms with Gasteiger partial charge in [-0.05, 0) is 48.6 Å². The zero-order chi connectivity index (χ0) is 9.54. The van der Waals surface area contributed by atoms with E-state index in [-0.39, 0.29) is 0 Å². The van der Waals surface area contributed by atoms with Crippen molar-refractivity contribution in [3.8, 4) is 0 Å². The van der Waals surface area contributed by atoms with Crippen molar-refractivity contribution in [3.63, 3.8) is 0 Å². The zero-order valence-corrected chi connectivity index (χ0v) is 9.52. The highest BCUT2D eigenvalue weighted by Crippen LogP contribution is 2.49. The molecule has 0 radical (unpaired) electrons. The van der Waals surface area contributed by atoms with Gasteiger partial charge in [0.2, 0.25) is 4.47 Å². The molecule has 3 rings (SSSR count). The lowest BCUT2D eigenvalue weighted by atomic mass is 9.87. The number of fused-ring (bicyclic) bond motifs is 2. The Morgan fingerprint density at radius 1 is 1.29 bits per heavy atom. The molecule has 0 spiro atoms. The van der Waals surface area contributed by atoms with Crippen LogP contribution in [-0.4, -0.2) is 10.2 Å². The second-order valence-corrected chi connectivity index (χ2v) is 6.23. The van der Waals surface area contributed by atoms with Crippen molar-refractivity contribution in [2.45, 2.75) is 32.1 Å². The molecule has 0 N–H and O–H groups in total. The predicted octanol–water partition coefficient (Wildman–Crippen LogP) is 3.17. The van der Waals surface area contributed by atoms with E-state index >= 15 is 0 Å². The average molecular weight is 229 g/mol. The fourth-order valence-electron chi connectivity index (χ4n) is 3.17. The Balaban J connectivity index is 1.68. The molecule has 2 nitrogen and oxygen atoms in total. The van der Waals surface area contributed by atoms with Crippen LogP contribution in [0.3, 0.4) is 0 Å². The van der Waals surface area contributed by atoms with Crippen molar-refractivity contribution in [1.82, 2.24) is 10.2 Å². The van der Waals surface area contributed by atoms with Gasteiger partial charge in [0.1, 0.15) is 5.01 Å². The highest BCUT2D eigenvalue weighted by molar-refractivity contribution is 7.15. The molecule has 1 aromatic heterocycles. The van der Waals surface area contributed by atoms with Gasteiger partial charge < -0.3 is 0 Å². The van der Waals surface area contributed by atoms with E-state index in [9.17, 15) is 0 Å². The molecule has 2 saturated carbocycles. The summed E-state index contributed by atoms with van der Waals surface area (Å²) in [6, 6.07) is 0. The van der Waals surface area contributed by atoms with Gasteiger partial charge in [-0.3, -0.25) is 0 Å². The minimum Gasteiger partial charge on any atom is -0.142 e. The van der Waals surface area contributed by atoms with Gasteiger partial charge in [0.05, 0.1) is 0 Å². The Hall–Kier alpha value is -0.150. The second kappa shape index (κ2) is 3.46. The van der Waals surface area contributed by atoms with Crippen LogP contribution in [-0.2, 0) is 6.42 Å². The first kappa shape index (κ1) is 9.10. The summed E-state index contributed by atoms with van der Waals surface area (Å²) < 4.78 is 0.586. The predicted molar refractivity (Wildman–Crippen MR) is 57.6 cm³/mol. The van der Waals surface area contributed by atoms with Gasteiger partial charge in [0, 0.05) is 6.42 Å². The van der Waals surface area contributed by atoms with Gasteiger partial charge in [0.15, 0.2) is 0 Å². The first-order valence-corrected chi connectivity index (χ1v) is 6.48. The van der Waals surface area contributed by atoms with E-state index in [0.717, 1.165) is 29.2 Å². The van der Waals surface area contributed by atoms with Crippen LogP contribution in [0.1, 0.15) is 30.7 Å². The minimum absolute atomic E-state index is 0.586. The van der Waals surface area contributed by atoms with E-state index in [4.69, 9.17) is 11.6 Å². The lowest BCUT2D eigenvalue weighted by Gasteiger charge is -2.19. The molecule has 2 bridgehead atoms. The Morgan fingerprint density at radius 2 is 2.21 bits per heavy atom. The zero-order valence-electron chi connectivity index (χ0n) is 7.95. The minimum atomic E-state index is 0.586. The molecule has 1 aromatic rings. The van der Waals surface area contributed by atoms with Crippen molar-refractivity contribution in [1.29, 1.82) is 0 Å². The van der Waals surface area contributed by atoms with E-state index < -0.39 is 0 Å². The topological polar surface area (TPSA) is 25.8 Å². The number of rotatable bonds is 2. The molecule has 3 atom stereocenters. The second-order valence-electron chi connectivity index (χ2n) is 4.59. The molecule has 76 valence electrons. The molecule has 0 aromatic carbocycles. The number of halogens is 1. The number of hydrogen-bond donors (Lipinski definition) is 0. The van der Waals surface area contributed by atoms with Gasteiger partial charge in [-0.15, -0.1) is 10.2 Å². The molecule has 0 amide bonds. The summed E-state index contributed by atoms with van der Waals surface area (Å²) in [6.45, 7) is 0. The molecule has 2 aliphatic rings. The summed E-state index contributed by atoms with van der Waals surface area (Å²) in [6.07, 6.45) is 6.92. The fraction of sp³-hybridized carbons (Fsp3) is 0.800. The van der Waals surface area contributed by atoms with E-state index in [1.807, 2.05) is 0 Å². The molecule has 2 aliphatic carbocycles. The van der Waals surface area contributed by atoms with Crippen molar-refractivity contribution < 1.29 is 0 Å². The average Bonchev–Trinajstić information content (AvgIpc) is 2.82. The van der Waals surface area contributed by atoms with Gasteiger partial charge in [0.25, 0.3) is 0 Å². The number of aromatic nitrogens is 2. The highest BCUT2D eigenvalue weighted by atomic mass is 35.5. The monoisotopic (exact) mass is 228 g/mol. The summed E-state index contributed by atoms with van der Waals surface area (Å²) in [5.41, 5.74) is 0. The summed E-state index contributed by atoms with van der Waals surface area (Å²) in [7, 11) is 0. The third-order valence-electron chi connectivity index (χ3n) is 3.76. The van der Waals surface area contributed by atoms with Crippen LogP contribution in [0.25, 0.3) is 0 Å². The normalized spacial score (nSPS) is 35.4. The molecule has 1 heterocycles. The van der Waals surface area contributed by atoms with Gasteiger partial charge in [-0.1, -0.05) is 17.8 Å². The Morgan fingerprint density at radius 3 is 2.79 bits per heavy atom. The summed E-state index contributed by atoms with van der Waals surface area (Å²) in [5, 5.41) is 9.09. The first-order valence-electron chi connectivity index (χ1n) is 5.29. The van der Waals surface area contributed by atoms with Crippen LogP contribution in [0.5, 0.6) is 0 Å². The van der Waals surface area contributed by atoms with Crippen LogP contribution in [0.4, 0.5) is 0 Å². The van der Waals surface area contributed by atoms with Gasteiger partial charge in [-0.25, -0.2) is 0 Å². The Labute approximate surface area is 92.7 Å². The highest BCUT2D eigenvalue weighted by Gasteiger charge is 2.39. The maximum Gasteiger partial charge on any atom is 0.207 e. The van der Waals surface area contributed by atoms with Crippen LogP contribution < -0.4 is 0 Å². The molecule has 2 fully saturated rings. The van der Waals surface area contributed by atoms with E-state index in [1.165, 1.54) is 25.7 Å². The molecule has 0 saturated heterocycles. The largest absolute Gasteiger partial charge is 0.207 e. The smallest absolute Gasteiger partial charge is 0.142 e. The molecule has 14 heavy (non-hydrogen) atoms.